The van der Waals surface area contributed by atoms with Gasteiger partial charge in [0.15, 0.2) is 0 Å². The average molecular weight is 85.5 g/mol. The van der Waals surface area contributed by atoms with E-state index in [9.17, 15) is 0 Å². The first-order valence-corrected chi connectivity index (χ1v) is 1.43. The van der Waals surface area contributed by atoms with Gasteiger partial charge in [0.1, 0.15) is 0 Å². The average Bonchev–Trinajstić information content (AvgIpc) is 0.811. The highest BCUT2D eigenvalue weighted by atomic mass is 35.6. The van der Waals surface area contributed by atoms with Crippen LogP contribution in [0, 0.1) is 10.8 Å². The number of halogens is 1. The highest BCUT2D eigenvalue weighted by Crippen LogP contribution is 1.38. The smallest absolute Gasteiger partial charge is 0.321 e. The minimum Gasteiger partial charge on any atom is -0.321 e. The lowest BCUT2D eigenvalue weighted by Crippen LogP contribution is -2.30. The molecule has 0 aromatic rings. The zero-order valence-corrected chi connectivity index (χ0v) is 2.40. The summed E-state index contributed by atoms with van der Waals surface area (Å²) in [4.78, 5) is 0. The number of hydrogen-bond donors (Lipinski definition) is 1. The van der Waals surface area contributed by atoms with Crippen LogP contribution in [0.15, 0.2) is 0 Å². The molecule has 0 saturated carbocycles. The monoisotopic (exact) mass is 85.0 g/mol. The topological polar surface area (TPSA) is 66.3 Å². The molecular weight excluding hydrogens is 83.5 g/mol. The maximum atomic E-state index is 8.52. The maximum absolute atomic E-state index is 8.52. The lowest BCUT2D eigenvalue weighted by Gasteiger charge is -1.72. The van der Waals surface area contributed by atoms with Crippen LogP contribution >= 0.6 is 0 Å². The summed E-state index contributed by atoms with van der Waals surface area (Å²) in [6, 6.07) is 0. The van der Waals surface area contributed by atoms with E-state index in [0.717, 1.165) is 0 Å². The fourth-order valence-electron chi connectivity index (χ4n) is 0. The Morgan fingerprint density at radius 2 is 1.75 bits per heavy atom. The number of hydrogen-bond acceptors (Lipinski definition) is 3. The minimum absolute atomic E-state index is 0. The van der Waals surface area contributed by atoms with Crippen LogP contribution in [0.1, 0.15) is 1.43 Å². The van der Waals surface area contributed by atoms with E-state index < -0.39 is 10.8 Å². The second kappa shape index (κ2) is 1.49. The van der Waals surface area contributed by atoms with Gasteiger partial charge in [-0.05, 0) is 0 Å². The molecule has 0 unspecified atom stereocenters. The van der Waals surface area contributed by atoms with Gasteiger partial charge in [-0.1, -0.05) is 0 Å². The van der Waals surface area contributed by atoms with E-state index in [2.05, 4.69) is 0 Å². The summed E-state index contributed by atoms with van der Waals surface area (Å²) in [6.45, 7) is 0. The second-order valence-corrected chi connectivity index (χ2v) is 0.603. The Hall–Kier alpha value is 0.170. The number of rotatable bonds is 0. The van der Waals surface area contributed by atoms with Crippen molar-refractivity contribution in [3.05, 3.63) is 0 Å². The van der Waals surface area contributed by atoms with Crippen LogP contribution in [-0.4, -0.2) is 4.66 Å². The Balaban J connectivity index is 0. The lowest BCUT2D eigenvalue weighted by molar-refractivity contribution is -1.63. The molecule has 0 heterocycles. The van der Waals surface area contributed by atoms with Crippen LogP contribution in [0.4, 0.5) is 0 Å². The van der Waals surface area contributed by atoms with Gasteiger partial charge in [-0.25, -0.2) is 0 Å². The molecular formula is H2ClO3+. The molecule has 0 aromatic carbocycles. The maximum Gasteiger partial charge on any atom is 1.00 e. The SMILES string of the molecule is [H+].[O-][Cl+2]([O-])O. The Kier molecular flexibility index (Phi) is 1.55. The van der Waals surface area contributed by atoms with Crippen LogP contribution in [0.3, 0.4) is 0 Å². The van der Waals surface area contributed by atoms with Crippen molar-refractivity contribution >= 4 is 0 Å². The van der Waals surface area contributed by atoms with E-state index in [1.165, 1.54) is 0 Å². The zero-order chi connectivity index (χ0) is 3.58. The Morgan fingerprint density at radius 1 is 1.75 bits per heavy atom. The van der Waals surface area contributed by atoms with Crippen LogP contribution in [0.5, 0.6) is 0 Å². The van der Waals surface area contributed by atoms with Crippen molar-refractivity contribution in [3.63, 3.8) is 0 Å². The normalized spacial score (nSPS) is 9.00. The summed E-state index contributed by atoms with van der Waals surface area (Å²) in [7, 11) is -2.60. The first-order chi connectivity index (χ1) is 1.73. The van der Waals surface area contributed by atoms with E-state index >= 15 is 0 Å². The quantitative estimate of drug-likeness (QED) is 0.345. The van der Waals surface area contributed by atoms with Crippen LogP contribution in [-0.2, 0) is 0 Å². The van der Waals surface area contributed by atoms with Crippen LogP contribution in [0.2, 0.25) is 0 Å². The minimum atomic E-state index is -2.60. The zero-order valence-electron chi connectivity index (χ0n) is 2.64. The highest BCUT2D eigenvalue weighted by Gasteiger charge is 1.79. The van der Waals surface area contributed by atoms with Crippen LogP contribution in [0.25, 0.3) is 0 Å². The molecule has 4 heavy (non-hydrogen) atoms. The van der Waals surface area contributed by atoms with E-state index in [4.69, 9.17) is 14.0 Å². The van der Waals surface area contributed by atoms with Gasteiger partial charge in [0, 0.05) is 4.66 Å². The molecule has 0 saturated heterocycles. The summed E-state index contributed by atoms with van der Waals surface area (Å²) >= 11 is 0. The van der Waals surface area contributed by atoms with Crippen molar-refractivity contribution in [1.82, 2.24) is 0 Å². The molecule has 0 aromatic heterocycles. The molecule has 0 atom stereocenters. The fraction of sp³-hybridized carbons (Fsp3) is 0. The largest absolute Gasteiger partial charge is 1.00 e. The molecule has 0 fully saturated rings. The van der Waals surface area contributed by atoms with Gasteiger partial charge in [-0.2, -0.15) is 0 Å². The first-order valence-electron chi connectivity index (χ1n) is 0.478. The van der Waals surface area contributed by atoms with Crippen molar-refractivity contribution in [1.29, 1.82) is 0 Å². The standard InChI is InChI=1S/ClHO3/c2-1(3)4/h2H/p+1. The molecule has 26 valence electrons. The molecule has 1 N–H and O–H groups in total. The third kappa shape index (κ3) is 103. The van der Waals surface area contributed by atoms with E-state index in [1.807, 2.05) is 0 Å². The first kappa shape index (κ1) is 4.17. The molecule has 0 radical (unpaired) electrons. The molecule has 0 amide bonds. The Labute approximate surface area is 27.4 Å². The van der Waals surface area contributed by atoms with Crippen molar-refractivity contribution in [2.45, 2.75) is 0 Å². The van der Waals surface area contributed by atoms with Crippen molar-refractivity contribution in [3.8, 4) is 0 Å². The molecule has 4 heteroatoms. The van der Waals surface area contributed by atoms with Gasteiger partial charge in [0.05, 0.1) is 0 Å². The molecule has 3 nitrogen and oxygen atoms in total. The predicted octanol–water partition coefficient (Wildman–Crippen LogP) is -2.82. The summed E-state index contributed by atoms with van der Waals surface area (Å²) in [5.74, 6) is 0. The third-order valence-electron chi connectivity index (χ3n) is 0. The fourth-order valence-corrected chi connectivity index (χ4v) is 0. The van der Waals surface area contributed by atoms with Crippen molar-refractivity contribution < 1.29 is 26.2 Å². The summed E-state index contributed by atoms with van der Waals surface area (Å²) in [6.07, 6.45) is 0. The molecule has 0 spiro atoms. The van der Waals surface area contributed by atoms with Gasteiger partial charge in [-0.15, -0.1) is 0 Å². The molecule has 0 aliphatic heterocycles. The van der Waals surface area contributed by atoms with Crippen LogP contribution < -0.4 is 9.32 Å². The highest BCUT2D eigenvalue weighted by molar-refractivity contribution is 1.94. The van der Waals surface area contributed by atoms with Gasteiger partial charge >= 0.3 is 1.43 Å². The molecule has 0 bridgehead atoms. The summed E-state index contributed by atoms with van der Waals surface area (Å²) < 4.78 is 24.0. The van der Waals surface area contributed by atoms with Gasteiger partial charge < -0.3 is 9.32 Å². The Bertz CT molecular complexity index is 11.6. The van der Waals surface area contributed by atoms with E-state index in [0.29, 0.717) is 0 Å². The summed E-state index contributed by atoms with van der Waals surface area (Å²) in [5, 5.41) is 0. The van der Waals surface area contributed by atoms with Crippen molar-refractivity contribution in [2.75, 3.05) is 0 Å². The van der Waals surface area contributed by atoms with Gasteiger partial charge in [0.25, 0.3) is 10.8 Å². The molecule has 0 aliphatic rings. The summed E-state index contributed by atoms with van der Waals surface area (Å²) in [5.41, 5.74) is 0. The van der Waals surface area contributed by atoms with Gasteiger partial charge in [-0.3, -0.25) is 0 Å². The van der Waals surface area contributed by atoms with Gasteiger partial charge in [0.2, 0.25) is 0 Å². The Morgan fingerprint density at radius 3 is 1.75 bits per heavy atom. The second-order valence-electron chi connectivity index (χ2n) is 0.201. The molecule has 0 rings (SSSR count). The third-order valence-corrected chi connectivity index (χ3v) is 0. The lowest BCUT2D eigenvalue weighted by atomic mass is 15.8. The van der Waals surface area contributed by atoms with Crippen molar-refractivity contribution in [2.24, 2.45) is 0 Å². The predicted molar refractivity (Wildman–Crippen MR) is 3.33 cm³/mol. The molecule has 0 aliphatic carbocycles. The van der Waals surface area contributed by atoms with E-state index in [-0.39, 0.29) is 1.43 Å². The van der Waals surface area contributed by atoms with E-state index in [1.54, 1.807) is 0 Å².